The van der Waals surface area contributed by atoms with E-state index in [9.17, 15) is 0 Å². The predicted molar refractivity (Wildman–Crippen MR) is 93.3 cm³/mol. The zero-order valence-corrected chi connectivity index (χ0v) is 14.4. The first-order valence-corrected chi connectivity index (χ1v) is 8.74. The van der Waals surface area contributed by atoms with E-state index in [1.165, 1.54) is 42.8 Å². The van der Waals surface area contributed by atoms with Crippen LogP contribution in [0.3, 0.4) is 0 Å². The molecule has 2 unspecified atom stereocenters. The lowest BCUT2D eigenvalue weighted by molar-refractivity contribution is 0.176. The summed E-state index contributed by atoms with van der Waals surface area (Å²) in [5, 5.41) is 0. The molecule has 2 heterocycles. The van der Waals surface area contributed by atoms with E-state index < -0.39 is 0 Å². The fourth-order valence-electron chi connectivity index (χ4n) is 3.84. The maximum atomic E-state index is 4.91. The molecule has 3 heteroatoms. The minimum absolute atomic E-state index is 0.585. The Morgan fingerprint density at radius 3 is 2.91 bits per heavy atom. The van der Waals surface area contributed by atoms with Crippen molar-refractivity contribution >= 4 is 11.0 Å². The summed E-state index contributed by atoms with van der Waals surface area (Å²) >= 11 is 0. The number of fused-ring (bicyclic) bond motifs is 1. The normalized spacial score (nSPS) is 23.5. The van der Waals surface area contributed by atoms with Crippen LogP contribution in [0, 0.1) is 11.8 Å². The highest BCUT2D eigenvalue weighted by Gasteiger charge is 2.29. The number of piperidine rings is 1. The van der Waals surface area contributed by atoms with Crippen molar-refractivity contribution in [3.8, 4) is 0 Å². The molecule has 3 rings (SSSR count). The molecular weight excluding hydrogens is 270 g/mol. The minimum atomic E-state index is 0.585. The largest absolute Gasteiger partial charge is 0.342 e. The molecule has 120 valence electrons. The third-order valence-electron chi connectivity index (χ3n) is 5.02. The Morgan fingerprint density at radius 2 is 2.18 bits per heavy atom. The SMILES string of the molecule is CCC1CN(C)CCC1c1nc2ccc(CC(C)C)cc2[nH]1. The molecule has 2 atom stereocenters. The van der Waals surface area contributed by atoms with Crippen LogP contribution in [0.15, 0.2) is 18.2 Å². The average Bonchev–Trinajstić information content (AvgIpc) is 2.89. The number of H-pyrrole nitrogens is 1. The molecule has 1 fully saturated rings. The van der Waals surface area contributed by atoms with Crippen LogP contribution in [0.1, 0.15) is 50.9 Å². The van der Waals surface area contributed by atoms with E-state index in [0.717, 1.165) is 17.9 Å². The molecule has 0 radical (unpaired) electrons. The number of hydrogen-bond donors (Lipinski definition) is 1. The lowest BCUT2D eigenvalue weighted by Crippen LogP contribution is -2.37. The summed E-state index contributed by atoms with van der Waals surface area (Å²) in [5.74, 6) is 3.20. The molecular formula is C19H29N3. The number of aromatic amines is 1. The van der Waals surface area contributed by atoms with Crippen molar-refractivity contribution in [3.63, 3.8) is 0 Å². The molecule has 0 spiro atoms. The lowest BCUT2D eigenvalue weighted by atomic mass is 9.83. The van der Waals surface area contributed by atoms with Gasteiger partial charge < -0.3 is 9.88 Å². The fourth-order valence-corrected chi connectivity index (χ4v) is 3.84. The molecule has 1 N–H and O–H groups in total. The smallest absolute Gasteiger partial charge is 0.110 e. The highest BCUT2D eigenvalue weighted by atomic mass is 15.1. The topological polar surface area (TPSA) is 31.9 Å². The molecule has 0 aliphatic carbocycles. The van der Waals surface area contributed by atoms with Gasteiger partial charge in [0.05, 0.1) is 11.0 Å². The van der Waals surface area contributed by atoms with Crippen molar-refractivity contribution in [1.82, 2.24) is 14.9 Å². The van der Waals surface area contributed by atoms with Crippen LogP contribution in [0.2, 0.25) is 0 Å². The van der Waals surface area contributed by atoms with E-state index in [1.54, 1.807) is 0 Å². The summed E-state index contributed by atoms with van der Waals surface area (Å²) in [7, 11) is 2.23. The van der Waals surface area contributed by atoms with Gasteiger partial charge in [0.25, 0.3) is 0 Å². The Bertz CT molecular complexity index is 629. The van der Waals surface area contributed by atoms with Crippen molar-refractivity contribution < 1.29 is 0 Å². The highest BCUT2D eigenvalue weighted by molar-refractivity contribution is 5.76. The third-order valence-corrected chi connectivity index (χ3v) is 5.02. The van der Waals surface area contributed by atoms with Gasteiger partial charge in [0, 0.05) is 12.5 Å². The second-order valence-electron chi connectivity index (χ2n) is 7.40. The van der Waals surface area contributed by atoms with Crippen LogP contribution in [0.5, 0.6) is 0 Å². The number of nitrogens with zero attached hydrogens (tertiary/aromatic N) is 2. The molecule has 3 nitrogen and oxygen atoms in total. The molecule has 0 bridgehead atoms. The van der Waals surface area contributed by atoms with Crippen molar-refractivity contribution in [3.05, 3.63) is 29.6 Å². The van der Waals surface area contributed by atoms with Crippen LogP contribution < -0.4 is 0 Å². The Morgan fingerprint density at radius 1 is 1.36 bits per heavy atom. The molecule has 1 aromatic carbocycles. The highest BCUT2D eigenvalue weighted by Crippen LogP contribution is 2.34. The van der Waals surface area contributed by atoms with Gasteiger partial charge in [-0.15, -0.1) is 0 Å². The van der Waals surface area contributed by atoms with Gasteiger partial charge in [-0.3, -0.25) is 0 Å². The van der Waals surface area contributed by atoms with Gasteiger partial charge in [-0.05, 0) is 56.0 Å². The molecule has 1 aliphatic rings. The van der Waals surface area contributed by atoms with Crippen molar-refractivity contribution in [2.75, 3.05) is 20.1 Å². The maximum absolute atomic E-state index is 4.91. The van der Waals surface area contributed by atoms with Gasteiger partial charge in [0.15, 0.2) is 0 Å². The van der Waals surface area contributed by atoms with Gasteiger partial charge in [-0.25, -0.2) is 4.98 Å². The Labute approximate surface area is 134 Å². The van der Waals surface area contributed by atoms with Crippen LogP contribution in [0.4, 0.5) is 0 Å². The van der Waals surface area contributed by atoms with Crippen LogP contribution in [-0.2, 0) is 6.42 Å². The molecule has 0 amide bonds. The van der Waals surface area contributed by atoms with Crippen molar-refractivity contribution in [2.45, 2.75) is 46.0 Å². The second-order valence-corrected chi connectivity index (χ2v) is 7.40. The lowest BCUT2D eigenvalue weighted by Gasteiger charge is -2.35. The number of likely N-dealkylation sites (tertiary alicyclic amines) is 1. The summed E-state index contributed by atoms with van der Waals surface area (Å²) in [4.78, 5) is 11.0. The van der Waals surface area contributed by atoms with Crippen LogP contribution in [-0.4, -0.2) is 35.0 Å². The quantitative estimate of drug-likeness (QED) is 0.917. The first kappa shape index (κ1) is 15.5. The summed E-state index contributed by atoms with van der Waals surface area (Å²) in [5.41, 5.74) is 3.74. The third kappa shape index (κ3) is 3.19. The van der Waals surface area contributed by atoms with Gasteiger partial charge in [-0.2, -0.15) is 0 Å². The number of aromatic nitrogens is 2. The molecule has 1 aliphatic heterocycles. The monoisotopic (exact) mass is 299 g/mol. The molecule has 1 aromatic heterocycles. The number of nitrogens with one attached hydrogen (secondary N) is 1. The maximum Gasteiger partial charge on any atom is 0.110 e. The van der Waals surface area contributed by atoms with Crippen LogP contribution in [0.25, 0.3) is 11.0 Å². The van der Waals surface area contributed by atoms with Gasteiger partial charge in [0.2, 0.25) is 0 Å². The summed E-state index contributed by atoms with van der Waals surface area (Å²) in [6.07, 6.45) is 3.58. The predicted octanol–water partition coefficient (Wildman–Crippen LogP) is 4.21. The molecule has 2 aromatic rings. The first-order valence-electron chi connectivity index (χ1n) is 8.74. The standard InChI is InChI=1S/C19H29N3/c1-5-15-12-22(4)9-8-16(15)19-20-17-7-6-14(10-13(2)3)11-18(17)21-19/h6-7,11,13,15-16H,5,8-10,12H2,1-4H3,(H,20,21). The molecule has 22 heavy (non-hydrogen) atoms. The van der Waals surface area contributed by atoms with Gasteiger partial charge in [0.1, 0.15) is 5.82 Å². The fraction of sp³-hybridized carbons (Fsp3) is 0.632. The number of hydrogen-bond acceptors (Lipinski definition) is 2. The van der Waals surface area contributed by atoms with E-state index in [4.69, 9.17) is 4.98 Å². The van der Waals surface area contributed by atoms with E-state index in [-0.39, 0.29) is 0 Å². The average molecular weight is 299 g/mol. The summed E-state index contributed by atoms with van der Waals surface area (Å²) < 4.78 is 0. The van der Waals surface area contributed by atoms with E-state index in [2.05, 4.69) is 55.9 Å². The second kappa shape index (κ2) is 6.41. The minimum Gasteiger partial charge on any atom is -0.342 e. The molecule has 0 saturated carbocycles. The van der Waals surface area contributed by atoms with Gasteiger partial charge >= 0.3 is 0 Å². The Balaban J connectivity index is 1.87. The Hall–Kier alpha value is -1.35. The van der Waals surface area contributed by atoms with Crippen molar-refractivity contribution in [2.24, 2.45) is 11.8 Å². The van der Waals surface area contributed by atoms with E-state index in [1.807, 2.05) is 0 Å². The number of imidazole rings is 1. The molecule has 1 saturated heterocycles. The first-order chi connectivity index (χ1) is 10.6. The van der Waals surface area contributed by atoms with Gasteiger partial charge in [-0.1, -0.05) is 33.3 Å². The number of benzene rings is 1. The zero-order chi connectivity index (χ0) is 15.7. The number of rotatable bonds is 4. The van der Waals surface area contributed by atoms with E-state index in [0.29, 0.717) is 11.8 Å². The zero-order valence-electron chi connectivity index (χ0n) is 14.4. The summed E-state index contributed by atoms with van der Waals surface area (Å²) in [6.45, 7) is 9.22. The Kier molecular flexibility index (Phi) is 4.53. The van der Waals surface area contributed by atoms with E-state index >= 15 is 0 Å². The summed E-state index contributed by atoms with van der Waals surface area (Å²) in [6, 6.07) is 6.71. The van der Waals surface area contributed by atoms with Crippen LogP contribution >= 0.6 is 0 Å². The van der Waals surface area contributed by atoms with Crippen molar-refractivity contribution in [1.29, 1.82) is 0 Å².